The van der Waals surface area contributed by atoms with Crippen molar-refractivity contribution in [3.63, 3.8) is 0 Å². The average Bonchev–Trinajstić information content (AvgIpc) is 2.86. The Hall–Kier alpha value is -2.35. The molecule has 0 saturated heterocycles. The first kappa shape index (κ1) is 33.2. The van der Waals surface area contributed by atoms with Gasteiger partial charge in [0.15, 0.2) is 6.79 Å². The molecule has 1 heterocycles. The van der Waals surface area contributed by atoms with Crippen molar-refractivity contribution >= 4 is 27.1 Å². The van der Waals surface area contributed by atoms with Gasteiger partial charge in [-0.1, -0.05) is 57.5 Å². The molecule has 0 radical (unpaired) electrons. The van der Waals surface area contributed by atoms with Crippen molar-refractivity contribution in [1.29, 1.82) is 0 Å². The number of nitrogens with zero attached hydrogens (tertiary/aromatic N) is 3. The summed E-state index contributed by atoms with van der Waals surface area (Å²) in [6.07, 6.45) is 1.55. The van der Waals surface area contributed by atoms with E-state index in [1.165, 1.54) is 10.1 Å². The fourth-order valence-corrected chi connectivity index (χ4v) is 5.86. The zero-order valence-corrected chi connectivity index (χ0v) is 28.5. The summed E-state index contributed by atoms with van der Waals surface area (Å²) in [5.74, 6) is 0.523. The number of hydrogen-bond acceptors (Lipinski definition) is 7. The van der Waals surface area contributed by atoms with Gasteiger partial charge in [-0.15, -0.1) is 0 Å². The number of benzene rings is 2. The molecule has 0 N–H and O–H groups in total. The van der Waals surface area contributed by atoms with Crippen molar-refractivity contribution in [2.45, 2.75) is 71.3 Å². The quantitative estimate of drug-likeness (QED) is 0.109. The van der Waals surface area contributed by atoms with Crippen LogP contribution in [-0.4, -0.2) is 71.8 Å². The molecule has 8 nitrogen and oxygen atoms in total. The Balaban J connectivity index is 2.00. The third kappa shape index (κ3) is 10.5. The molecule has 0 atom stereocenters. The van der Waals surface area contributed by atoms with Crippen molar-refractivity contribution < 1.29 is 18.9 Å². The largest absolute Gasteiger partial charge is 0.465 e. The Kier molecular flexibility index (Phi) is 11.9. The first-order valence-corrected chi connectivity index (χ1v) is 21.8. The number of ether oxygens (including phenoxy) is 4. The summed E-state index contributed by atoms with van der Waals surface area (Å²) in [6.45, 7) is 16.7. The highest BCUT2D eigenvalue weighted by atomic mass is 28.3. The van der Waals surface area contributed by atoms with Crippen LogP contribution in [0.25, 0.3) is 22.0 Å². The maximum absolute atomic E-state index is 13.7. The minimum Gasteiger partial charge on any atom is -0.465 e. The molecule has 0 aliphatic rings. The van der Waals surface area contributed by atoms with E-state index in [9.17, 15) is 4.79 Å². The van der Waals surface area contributed by atoms with Gasteiger partial charge in [0.2, 0.25) is 0 Å². The summed E-state index contributed by atoms with van der Waals surface area (Å²) < 4.78 is 24.9. The van der Waals surface area contributed by atoms with E-state index in [1.54, 1.807) is 13.4 Å². The monoisotopic (exact) mass is 599 g/mol. The van der Waals surface area contributed by atoms with Crippen molar-refractivity contribution in [3.05, 3.63) is 58.1 Å². The lowest BCUT2D eigenvalue weighted by Gasteiger charge is -2.18. The lowest BCUT2D eigenvalue weighted by molar-refractivity contribution is 0.0228. The van der Waals surface area contributed by atoms with E-state index in [2.05, 4.69) is 81.5 Å². The second kappa shape index (κ2) is 14.7. The maximum atomic E-state index is 13.7. The summed E-state index contributed by atoms with van der Waals surface area (Å²) in [6, 6.07) is 12.3. The highest BCUT2D eigenvalue weighted by molar-refractivity contribution is 6.76. The predicted molar refractivity (Wildman–Crippen MR) is 173 cm³/mol. The van der Waals surface area contributed by atoms with Crippen LogP contribution in [0.5, 0.6) is 5.75 Å². The van der Waals surface area contributed by atoms with Crippen molar-refractivity contribution in [1.82, 2.24) is 14.5 Å². The van der Waals surface area contributed by atoms with Crippen LogP contribution in [0.2, 0.25) is 51.4 Å². The normalized spacial score (nSPS) is 12.4. The number of aromatic nitrogens is 2. The Morgan fingerprint density at radius 3 is 2.24 bits per heavy atom. The van der Waals surface area contributed by atoms with Crippen LogP contribution in [0.3, 0.4) is 0 Å². The van der Waals surface area contributed by atoms with E-state index in [1.807, 2.05) is 12.1 Å². The van der Waals surface area contributed by atoms with Crippen LogP contribution in [0, 0.1) is 0 Å². The Morgan fingerprint density at radius 2 is 1.61 bits per heavy atom. The van der Waals surface area contributed by atoms with Gasteiger partial charge in [0.25, 0.3) is 5.56 Å². The van der Waals surface area contributed by atoms with Gasteiger partial charge in [-0.2, -0.15) is 0 Å². The molecule has 0 bridgehead atoms. The highest BCUT2D eigenvalue weighted by Gasteiger charge is 2.17. The first-order chi connectivity index (χ1) is 19.3. The second-order valence-electron chi connectivity index (χ2n) is 13.4. The zero-order chi connectivity index (χ0) is 30.2. The first-order valence-electron chi connectivity index (χ1n) is 14.3. The van der Waals surface area contributed by atoms with Crippen molar-refractivity contribution in [2.75, 3.05) is 41.2 Å². The van der Waals surface area contributed by atoms with Gasteiger partial charge in [-0.3, -0.25) is 9.36 Å². The lowest BCUT2D eigenvalue weighted by Crippen LogP contribution is -2.25. The van der Waals surface area contributed by atoms with E-state index in [0.29, 0.717) is 36.5 Å². The molecule has 41 heavy (non-hydrogen) atoms. The summed E-state index contributed by atoms with van der Waals surface area (Å²) in [5, 5.41) is 0.483. The van der Waals surface area contributed by atoms with E-state index in [0.717, 1.165) is 35.3 Å². The molecule has 1 aromatic heterocycles. The van der Waals surface area contributed by atoms with E-state index in [-0.39, 0.29) is 19.1 Å². The summed E-state index contributed by atoms with van der Waals surface area (Å²) in [5.41, 5.74) is 4.45. The smallest absolute Gasteiger partial charge is 0.263 e. The van der Waals surface area contributed by atoms with Gasteiger partial charge in [0, 0.05) is 43.0 Å². The van der Waals surface area contributed by atoms with Crippen LogP contribution >= 0.6 is 0 Å². The third-order valence-corrected chi connectivity index (χ3v) is 10.1. The van der Waals surface area contributed by atoms with Crippen molar-refractivity contribution in [3.8, 4) is 16.9 Å². The topological polar surface area (TPSA) is 75.1 Å². The zero-order valence-electron chi connectivity index (χ0n) is 26.5. The lowest BCUT2D eigenvalue weighted by atomic mass is 9.96. The number of methoxy groups -OCH3 is 1. The van der Waals surface area contributed by atoms with E-state index >= 15 is 0 Å². The minimum absolute atomic E-state index is 0.0975. The maximum Gasteiger partial charge on any atom is 0.263 e. The number of rotatable bonds is 16. The van der Waals surface area contributed by atoms with Crippen LogP contribution < -0.4 is 10.3 Å². The highest BCUT2D eigenvalue weighted by Crippen LogP contribution is 2.33. The molecule has 0 spiro atoms. The summed E-state index contributed by atoms with van der Waals surface area (Å²) in [4.78, 5) is 20.4. The van der Waals surface area contributed by atoms with E-state index in [4.69, 9.17) is 18.9 Å². The number of fused-ring (bicyclic) bond motifs is 1. The van der Waals surface area contributed by atoms with Crippen LogP contribution in [0.4, 0.5) is 0 Å². The van der Waals surface area contributed by atoms with Gasteiger partial charge in [-0.25, -0.2) is 4.98 Å². The summed E-state index contributed by atoms with van der Waals surface area (Å²) >= 11 is 0. The van der Waals surface area contributed by atoms with Gasteiger partial charge < -0.3 is 23.8 Å². The third-order valence-electron chi connectivity index (χ3n) is 6.69. The van der Waals surface area contributed by atoms with Gasteiger partial charge >= 0.3 is 0 Å². The second-order valence-corrected chi connectivity index (χ2v) is 24.6. The Bertz CT molecular complexity index is 1350. The van der Waals surface area contributed by atoms with Crippen molar-refractivity contribution in [2.24, 2.45) is 0 Å². The minimum atomic E-state index is -1.23. The molecule has 0 fully saturated rings. The summed E-state index contributed by atoms with van der Waals surface area (Å²) in [7, 11) is 3.36. The standard InChI is InChI=1S/C31H49N3O5Si2/c1-33(2)19-24-10-11-27(26(16-24)20-36-3)25-17-28-30(29(18-25)39-23-38-13-15-41(7,8)9)32-21-34(31(28)35)22-37-12-14-40(4,5)6/h10-11,16-18,21H,12-15,19-20,22-23H2,1-9H3. The fourth-order valence-electron chi connectivity index (χ4n) is 4.35. The molecule has 10 heteroatoms. The van der Waals surface area contributed by atoms with Gasteiger partial charge in [0.05, 0.1) is 12.0 Å². The fraction of sp³-hybridized carbons (Fsp3) is 0.548. The van der Waals surface area contributed by atoms with E-state index < -0.39 is 16.1 Å². The van der Waals surface area contributed by atoms with Crippen LogP contribution in [0.1, 0.15) is 11.1 Å². The molecule has 226 valence electrons. The Morgan fingerprint density at radius 1 is 0.927 bits per heavy atom. The van der Waals surface area contributed by atoms with Crippen LogP contribution in [-0.2, 0) is 34.1 Å². The molecule has 0 saturated carbocycles. The number of hydrogen-bond donors (Lipinski definition) is 0. The SMILES string of the molecule is COCc1cc(CN(C)C)ccc1-c1cc(OCOCC[Si](C)(C)C)c2ncn(COCC[Si](C)(C)C)c(=O)c2c1. The Labute approximate surface area is 247 Å². The van der Waals surface area contributed by atoms with Gasteiger partial charge in [0.1, 0.15) is 24.3 Å². The average molecular weight is 600 g/mol. The van der Waals surface area contributed by atoms with Crippen LogP contribution in [0.15, 0.2) is 41.5 Å². The molecule has 3 aromatic rings. The molecule has 0 aliphatic carbocycles. The van der Waals surface area contributed by atoms with Gasteiger partial charge in [-0.05, 0) is 60.6 Å². The molecular formula is C31H49N3O5Si2. The molecule has 0 amide bonds. The molecule has 2 aromatic carbocycles. The molecular weight excluding hydrogens is 551 g/mol. The molecule has 0 unspecified atom stereocenters. The molecule has 3 rings (SSSR count). The molecule has 0 aliphatic heterocycles. The predicted octanol–water partition coefficient (Wildman–Crippen LogP) is 6.27.